The van der Waals surface area contributed by atoms with Crippen LogP contribution in [0.4, 0.5) is 10.5 Å². The molecule has 0 aliphatic carbocycles. The number of likely N-dealkylation sites (tertiary alicyclic amines) is 1. The second-order valence-electron chi connectivity index (χ2n) is 9.28. The molecule has 1 aliphatic heterocycles. The number of aryl methyl sites for hydroxylation is 2. The van der Waals surface area contributed by atoms with E-state index in [0.717, 1.165) is 22.4 Å². The largest absolute Gasteiger partial charge is 0.506 e. The molecule has 0 spiro atoms. The Balaban J connectivity index is 1.32. The molecule has 2 N–H and O–H groups in total. The molecule has 4 aromatic rings. The van der Waals surface area contributed by atoms with Crippen LogP contribution < -0.4 is 5.32 Å². The average molecular weight is 519 g/mol. The predicted octanol–water partition coefficient (Wildman–Crippen LogP) is 6.09. The molecule has 0 bridgehead atoms. The SMILES string of the molecule is Cc1ccc(NC(c2cccc(Cl)c2)c2nc(-c3ccc(CN4CC(OC(=O)O)C4)cc3)no2)cc1C. The number of nitrogens with one attached hydrogen (secondary N) is 1. The van der Waals surface area contributed by atoms with Crippen molar-refractivity contribution in [3.8, 4) is 11.4 Å². The van der Waals surface area contributed by atoms with Crippen LogP contribution in [0.1, 0.15) is 34.2 Å². The highest BCUT2D eigenvalue weighted by molar-refractivity contribution is 6.30. The predicted molar refractivity (Wildman–Crippen MR) is 141 cm³/mol. The Hall–Kier alpha value is -3.88. The monoisotopic (exact) mass is 518 g/mol. The summed E-state index contributed by atoms with van der Waals surface area (Å²) in [6, 6.07) is 21.4. The summed E-state index contributed by atoms with van der Waals surface area (Å²) in [5, 5.41) is 17.1. The summed E-state index contributed by atoms with van der Waals surface area (Å²) in [6.45, 7) is 6.07. The number of halogens is 1. The fourth-order valence-electron chi connectivity index (χ4n) is 4.33. The van der Waals surface area contributed by atoms with Gasteiger partial charge in [0.2, 0.25) is 5.82 Å². The Morgan fingerprint density at radius 2 is 1.92 bits per heavy atom. The van der Waals surface area contributed by atoms with Gasteiger partial charge in [-0.3, -0.25) is 4.90 Å². The number of anilines is 1. The lowest BCUT2D eigenvalue weighted by molar-refractivity contribution is -0.0363. The van der Waals surface area contributed by atoms with Gasteiger partial charge in [-0.15, -0.1) is 0 Å². The van der Waals surface area contributed by atoms with E-state index in [9.17, 15) is 4.79 Å². The first kappa shape index (κ1) is 24.8. The van der Waals surface area contributed by atoms with E-state index in [1.54, 1.807) is 0 Å². The third kappa shape index (κ3) is 5.93. The Morgan fingerprint density at radius 1 is 1.14 bits per heavy atom. The zero-order valence-electron chi connectivity index (χ0n) is 20.5. The topological polar surface area (TPSA) is 101 Å². The van der Waals surface area contributed by atoms with Gasteiger partial charge in [-0.2, -0.15) is 4.98 Å². The Kier molecular flexibility index (Phi) is 7.12. The van der Waals surface area contributed by atoms with E-state index in [4.69, 9.17) is 31.0 Å². The number of carboxylic acid groups (broad SMARTS) is 1. The van der Waals surface area contributed by atoms with Crippen LogP contribution >= 0.6 is 11.6 Å². The minimum Gasteiger partial charge on any atom is -0.450 e. The number of rotatable bonds is 8. The van der Waals surface area contributed by atoms with Gasteiger partial charge in [-0.05, 0) is 60.4 Å². The van der Waals surface area contributed by atoms with Crippen LogP contribution in [0.25, 0.3) is 11.4 Å². The molecule has 0 radical (unpaired) electrons. The van der Waals surface area contributed by atoms with Crippen molar-refractivity contribution in [3.63, 3.8) is 0 Å². The van der Waals surface area contributed by atoms with Gasteiger partial charge in [0.1, 0.15) is 12.1 Å². The van der Waals surface area contributed by atoms with Gasteiger partial charge in [0.15, 0.2) is 0 Å². The van der Waals surface area contributed by atoms with Crippen molar-refractivity contribution < 1.29 is 19.2 Å². The summed E-state index contributed by atoms with van der Waals surface area (Å²) in [4.78, 5) is 17.5. The summed E-state index contributed by atoms with van der Waals surface area (Å²) in [6.07, 6.45) is -1.48. The quantitative estimate of drug-likeness (QED) is 0.270. The van der Waals surface area contributed by atoms with Crippen LogP contribution in [-0.2, 0) is 11.3 Å². The molecular formula is C28H27ClN4O4. The van der Waals surface area contributed by atoms with E-state index in [2.05, 4.69) is 41.4 Å². The number of hydrogen-bond acceptors (Lipinski definition) is 7. The first-order valence-corrected chi connectivity index (χ1v) is 12.4. The van der Waals surface area contributed by atoms with E-state index in [1.807, 2.05) is 54.6 Å². The van der Waals surface area contributed by atoms with E-state index in [-0.39, 0.29) is 12.1 Å². The Labute approximate surface area is 219 Å². The van der Waals surface area contributed by atoms with Gasteiger partial charge < -0.3 is 19.7 Å². The first-order valence-electron chi connectivity index (χ1n) is 12.0. The van der Waals surface area contributed by atoms with Crippen LogP contribution in [-0.4, -0.2) is 45.5 Å². The maximum absolute atomic E-state index is 10.6. The van der Waals surface area contributed by atoms with E-state index in [1.165, 1.54) is 11.1 Å². The molecule has 0 saturated carbocycles. The number of hydrogen-bond donors (Lipinski definition) is 2. The van der Waals surface area contributed by atoms with Gasteiger partial charge in [-0.1, -0.05) is 59.2 Å². The maximum Gasteiger partial charge on any atom is 0.506 e. The third-order valence-corrected chi connectivity index (χ3v) is 6.73. The molecule has 3 aromatic carbocycles. The van der Waals surface area contributed by atoms with Crippen LogP contribution in [0.3, 0.4) is 0 Å². The fraction of sp³-hybridized carbons (Fsp3) is 0.250. The Morgan fingerprint density at radius 3 is 2.62 bits per heavy atom. The second-order valence-corrected chi connectivity index (χ2v) is 9.72. The molecule has 9 heteroatoms. The lowest BCUT2D eigenvalue weighted by Gasteiger charge is -2.37. The number of carbonyl (C=O) groups is 1. The number of aromatic nitrogens is 2. The molecule has 0 amide bonds. The minimum absolute atomic E-state index is 0.251. The van der Waals surface area contributed by atoms with E-state index >= 15 is 0 Å². The van der Waals surface area contributed by atoms with Crippen LogP contribution in [0.2, 0.25) is 5.02 Å². The Bertz CT molecular complexity index is 1400. The van der Waals surface area contributed by atoms with Crippen LogP contribution in [0, 0.1) is 13.8 Å². The summed E-state index contributed by atoms with van der Waals surface area (Å²) < 4.78 is 10.5. The van der Waals surface area contributed by atoms with Crippen molar-refractivity contribution in [1.82, 2.24) is 15.0 Å². The van der Waals surface area contributed by atoms with Crippen molar-refractivity contribution >= 4 is 23.4 Å². The highest BCUT2D eigenvalue weighted by atomic mass is 35.5. The molecule has 1 aliphatic rings. The molecular weight excluding hydrogens is 492 g/mol. The van der Waals surface area contributed by atoms with Gasteiger partial charge in [0.25, 0.3) is 5.89 Å². The van der Waals surface area contributed by atoms with Crippen molar-refractivity contribution in [2.24, 2.45) is 0 Å². The molecule has 190 valence electrons. The molecule has 2 heterocycles. The lowest BCUT2D eigenvalue weighted by atomic mass is 10.0. The molecule has 1 fully saturated rings. The van der Waals surface area contributed by atoms with E-state index in [0.29, 0.717) is 36.4 Å². The van der Waals surface area contributed by atoms with E-state index < -0.39 is 6.16 Å². The molecule has 1 aromatic heterocycles. The fourth-order valence-corrected chi connectivity index (χ4v) is 4.53. The van der Waals surface area contributed by atoms with Crippen molar-refractivity contribution in [2.45, 2.75) is 32.5 Å². The van der Waals surface area contributed by atoms with Gasteiger partial charge in [0.05, 0.1) is 0 Å². The summed E-state index contributed by atoms with van der Waals surface area (Å²) >= 11 is 6.29. The van der Waals surface area contributed by atoms with Crippen molar-refractivity contribution in [3.05, 3.63) is 99.9 Å². The lowest BCUT2D eigenvalue weighted by Crippen LogP contribution is -2.52. The van der Waals surface area contributed by atoms with Crippen molar-refractivity contribution in [2.75, 3.05) is 18.4 Å². The normalized spacial score (nSPS) is 14.7. The van der Waals surface area contributed by atoms with Gasteiger partial charge >= 0.3 is 6.16 Å². The minimum atomic E-state index is -1.23. The summed E-state index contributed by atoms with van der Waals surface area (Å²) in [5.41, 5.74) is 6.20. The molecule has 5 rings (SSSR count). The zero-order chi connectivity index (χ0) is 25.9. The third-order valence-electron chi connectivity index (χ3n) is 6.50. The van der Waals surface area contributed by atoms with Crippen LogP contribution in [0.15, 0.2) is 71.3 Å². The van der Waals surface area contributed by atoms with Gasteiger partial charge in [0, 0.05) is 35.9 Å². The molecule has 1 atom stereocenters. The first-order chi connectivity index (χ1) is 17.8. The molecule has 37 heavy (non-hydrogen) atoms. The highest BCUT2D eigenvalue weighted by Gasteiger charge is 2.29. The zero-order valence-corrected chi connectivity index (χ0v) is 21.3. The number of nitrogens with zero attached hydrogens (tertiary/aromatic N) is 3. The molecule has 1 saturated heterocycles. The highest BCUT2D eigenvalue weighted by Crippen LogP contribution is 2.30. The molecule has 1 unspecified atom stereocenters. The standard InChI is InChI=1S/C28H27ClN4O4/c1-17-6-11-23(12-18(17)2)30-25(21-4-3-5-22(29)13-21)27-31-26(32-37-27)20-9-7-19(8-10-20)14-33-15-24(16-33)36-28(34)35/h3-13,24-25,30H,14-16H2,1-2H3,(H,34,35). The average Bonchev–Trinajstić information content (AvgIpc) is 3.33. The smallest absolute Gasteiger partial charge is 0.450 e. The van der Waals surface area contributed by atoms with Crippen molar-refractivity contribution in [1.29, 1.82) is 0 Å². The van der Waals surface area contributed by atoms with Crippen LogP contribution in [0.5, 0.6) is 0 Å². The summed E-state index contributed by atoms with van der Waals surface area (Å²) in [7, 11) is 0. The maximum atomic E-state index is 10.6. The second kappa shape index (κ2) is 10.6. The molecule has 8 nitrogen and oxygen atoms in total. The number of ether oxygens (including phenoxy) is 1. The number of benzene rings is 3. The van der Waals surface area contributed by atoms with Gasteiger partial charge in [-0.25, -0.2) is 4.79 Å². The summed E-state index contributed by atoms with van der Waals surface area (Å²) in [5.74, 6) is 0.930.